The van der Waals surface area contributed by atoms with Crippen molar-refractivity contribution in [3.63, 3.8) is 0 Å². The van der Waals surface area contributed by atoms with Crippen LogP contribution in [0.3, 0.4) is 0 Å². The van der Waals surface area contributed by atoms with Crippen LogP contribution in [0, 0.1) is 6.92 Å². The molecule has 7 heteroatoms. The number of halogens is 1. The van der Waals surface area contributed by atoms with E-state index in [4.69, 9.17) is 11.6 Å². The van der Waals surface area contributed by atoms with Crippen molar-refractivity contribution in [2.24, 2.45) is 0 Å². The van der Waals surface area contributed by atoms with Crippen LogP contribution in [0.25, 0.3) is 0 Å². The fourth-order valence-electron chi connectivity index (χ4n) is 3.11. The SMILES string of the molecule is CCC(C(=O)Nc1ccccc1C(C)C)N(c1ccc(C)c(Cl)c1)S(C)(=O)=O. The molecule has 1 unspecified atom stereocenters. The molecule has 0 heterocycles. The molecular formula is C21H27ClN2O3S. The molecule has 0 bridgehead atoms. The Balaban J connectivity index is 2.44. The third-order valence-electron chi connectivity index (χ3n) is 4.58. The summed E-state index contributed by atoms with van der Waals surface area (Å²) in [5.41, 5.74) is 2.89. The molecule has 1 amide bonds. The number of amides is 1. The Morgan fingerprint density at radius 3 is 2.36 bits per heavy atom. The molecule has 1 atom stereocenters. The average Bonchev–Trinajstić information content (AvgIpc) is 2.61. The highest BCUT2D eigenvalue weighted by atomic mass is 35.5. The highest BCUT2D eigenvalue weighted by Crippen LogP contribution is 2.29. The molecule has 0 saturated carbocycles. The van der Waals surface area contributed by atoms with Gasteiger partial charge in [-0.3, -0.25) is 9.10 Å². The van der Waals surface area contributed by atoms with E-state index in [1.165, 1.54) is 0 Å². The number of nitrogens with zero attached hydrogens (tertiary/aromatic N) is 1. The van der Waals surface area contributed by atoms with Crippen LogP contribution < -0.4 is 9.62 Å². The van der Waals surface area contributed by atoms with Crippen LogP contribution in [0.5, 0.6) is 0 Å². The van der Waals surface area contributed by atoms with Crippen LogP contribution in [0.1, 0.15) is 44.2 Å². The van der Waals surface area contributed by atoms with Crippen molar-refractivity contribution in [3.05, 3.63) is 58.6 Å². The number of anilines is 2. The molecule has 0 radical (unpaired) electrons. The highest BCUT2D eigenvalue weighted by Gasteiger charge is 2.32. The number of benzene rings is 2. The third-order valence-corrected chi connectivity index (χ3v) is 6.17. The first-order chi connectivity index (χ1) is 13.1. The number of carbonyl (C=O) groups is 1. The lowest BCUT2D eigenvalue weighted by Gasteiger charge is -2.30. The van der Waals surface area contributed by atoms with Crippen molar-refractivity contribution >= 4 is 38.9 Å². The zero-order valence-electron chi connectivity index (χ0n) is 16.9. The molecule has 28 heavy (non-hydrogen) atoms. The standard InChI is InChI=1S/C21H27ClN2O3S/c1-6-20(21(25)23-19-10-8-7-9-17(19)14(2)3)24(28(5,26)27)16-12-11-15(4)18(22)13-16/h7-14,20H,6H2,1-5H3,(H,23,25). The second-order valence-corrected chi connectivity index (χ2v) is 9.41. The van der Waals surface area contributed by atoms with Crippen molar-refractivity contribution in [2.45, 2.75) is 46.1 Å². The molecule has 0 fully saturated rings. The van der Waals surface area contributed by atoms with E-state index in [2.05, 4.69) is 5.32 Å². The van der Waals surface area contributed by atoms with E-state index >= 15 is 0 Å². The van der Waals surface area contributed by atoms with Gasteiger partial charge in [0.2, 0.25) is 15.9 Å². The second-order valence-electron chi connectivity index (χ2n) is 7.15. The minimum atomic E-state index is -3.71. The maximum absolute atomic E-state index is 13.1. The second kappa shape index (κ2) is 8.97. The van der Waals surface area contributed by atoms with Crippen LogP contribution >= 0.6 is 11.6 Å². The zero-order valence-corrected chi connectivity index (χ0v) is 18.4. The molecule has 2 aromatic carbocycles. The maximum Gasteiger partial charge on any atom is 0.248 e. The number of carbonyl (C=O) groups excluding carboxylic acids is 1. The first kappa shape index (κ1) is 22.2. The lowest BCUT2D eigenvalue weighted by Crippen LogP contribution is -2.47. The van der Waals surface area contributed by atoms with Crippen LogP contribution in [-0.4, -0.2) is 26.6 Å². The number of hydrogen-bond donors (Lipinski definition) is 1. The van der Waals surface area contributed by atoms with E-state index in [0.717, 1.165) is 21.7 Å². The monoisotopic (exact) mass is 422 g/mol. The van der Waals surface area contributed by atoms with Gasteiger partial charge in [0.15, 0.2) is 0 Å². The van der Waals surface area contributed by atoms with Gasteiger partial charge in [-0.1, -0.05) is 56.6 Å². The first-order valence-electron chi connectivity index (χ1n) is 9.21. The Morgan fingerprint density at radius 2 is 1.82 bits per heavy atom. The fraction of sp³-hybridized carbons (Fsp3) is 0.381. The van der Waals surface area contributed by atoms with E-state index in [0.29, 0.717) is 22.8 Å². The fourth-order valence-corrected chi connectivity index (χ4v) is 4.49. The molecule has 0 aliphatic carbocycles. The van der Waals surface area contributed by atoms with Gasteiger partial charge in [-0.2, -0.15) is 0 Å². The van der Waals surface area contributed by atoms with E-state index in [9.17, 15) is 13.2 Å². The molecular weight excluding hydrogens is 396 g/mol. The lowest BCUT2D eigenvalue weighted by atomic mass is 10.0. The number of nitrogens with one attached hydrogen (secondary N) is 1. The normalized spacial score (nSPS) is 12.7. The summed E-state index contributed by atoms with van der Waals surface area (Å²) >= 11 is 6.20. The van der Waals surface area contributed by atoms with Crippen LogP contribution in [-0.2, 0) is 14.8 Å². The van der Waals surface area contributed by atoms with Gasteiger partial charge in [0.25, 0.3) is 0 Å². The van der Waals surface area contributed by atoms with E-state index in [1.807, 2.05) is 45.0 Å². The van der Waals surface area contributed by atoms with Crippen LogP contribution in [0.4, 0.5) is 11.4 Å². The molecule has 0 spiro atoms. The predicted molar refractivity (Wildman–Crippen MR) is 117 cm³/mol. The van der Waals surface area contributed by atoms with Crippen molar-refractivity contribution in [2.75, 3.05) is 15.9 Å². The number of rotatable bonds is 7. The quantitative estimate of drug-likeness (QED) is 0.686. The van der Waals surface area contributed by atoms with E-state index in [-0.39, 0.29) is 11.8 Å². The Hall–Kier alpha value is -2.05. The van der Waals surface area contributed by atoms with Crippen molar-refractivity contribution in [1.82, 2.24) is 0 Å². The minimum absolute atomic E-state index is 0.221. The molecule has 2 rings (SSSR count). The van der Waals surface area contributed by atoms with Gasteiger partial charge in [0.05, 0.1) is 11.9 Å². The van der Waals surface area contributed by atoms with Crippen LogP contribution in [0.15, 0.2) is 42.5 Å². The predicted octanol–water partition coefficient (Wildman–Crippen LogP) is 4.96. The molecule has 1 N–H and O–H groups in total. The van der Waals surface area contributed by atoms with Crippen LogP contribution in [0.2, 0.25) is 5.02 Å². The number of aryl methyl sites for hydroxylation is 1. The Labute approximate surface area is 172 Å². The van der Waals surface area contributed by atoms with E-state index in [1.54, 1.807) is 25.1 Å². The molecule has 0 aliphatic rings. The molecule has 0 aliphatic heterocycles. The van der Waals surface area contributed by atoms with Gasteiger partial charge in [-0.15, -0.1) is 0 Å². The Kier molecular flexibility index (Phi) is 7.12. The smallest absolute Gasteiger partial charge is 0.248 e. The van der Waals surface area contributed by atoms with Gasteiger partial charge in [0, 0.05) is 10.7 Å². The number of hydrogen-bond acceptors (Lipinski definition) is 3. The summed E-state index contributed by atoms with van der Waals surface area (Å²) < 4.78 is 26.3. The van der Waals surface area contributed by atoms with Crippen molar-refractivity contribution in [3.8, 4) is 0 Å². The Bertz CT molecular complexity index is 958. The lowest BCUT2D eigenvalue weighted by molar-refractivity contribution is -0.117. The van der Waals surface area contributed by atoms with Gasteiger partial charge in [-0.05, 0) is 48.6 Å². The molecule has 152 valence electrons. The molecule has 5 nitrogen and oxygen atoms in total. The summed E-state index contributed by atoms with van der Waals surface area (Å²) in [4.78, 5) is 13.1. The third kappa shape index (κ3) is 5.06. The Morgan fingerprint density at radius 1 is 1.18 bits per heavy atom. The maximum atomic E-state index is 13.1. The number of para-hydroxylation sites is 1. The van der Waals surface area contributed by atoms with Gasteiger partial charge >= 0.3 is 0 Å². The topological polar surface area (TPSA) is 66.5 Å². The molecule has 0 aromatic heterocycles. The summed E-state index contributed by atoms with van der Waals surface area (Å²) in [6, 6.07) is 11.6. The minimum Gasteiger partial charge on any atom is -0.324 e. The summed E-state index contributed by atoms with van der Waals surface area (Å²) in [5.74, 6) is -0.156. The zero-order chi connectivity index (χ0) is 21.1. The summed E-state index contributed by atoms with van der Waals surface area (Å²) in [5, 5.41) is 3.36. The summed E-state index contributed by atoms with van der Waals surface area (Å²) in [6.07, 6.45) is 1.41. The van der Waals surface area contributed by atoms with E-state index < -0.39 is 16.1 Å². The summed E-state index contributed by atoms with van der Waals surface area (Å²) in [6.45, 7) is 7.70. The highest BCUT2D eigenvalue weighted by molar-refractivity contribution is 7.92. The summed E-state index contributed by atoms with van der Waals surface area (Å²) in [7, 11) is -3.71. The van der Waals surface area contributed by atoms with Gasteiger partial charge in [-0.25, -0.2) is 8.42 Å². The van der Waals surface area contributed by atoms with Crippen molar-refractivity contribution in [1.29, 1.82) is 0 Å². The first-order valence-corrected chi connectivity index (χ1v) is 11.4. The van der Waals surface area contributed by atoms with Crippen molar-refractivity contribution < 1.29 is 13.2 Å². The van der Waals surface area contributed by atoms with Gasteiger partial charge < -0.3 is 5.32 Å². The molecule has 0 saturated heterocycles. The average molecular weight is 423 g/mol. The largest absolute Gasteiger partial charge is 0.324 e. The number of sulfonamides is 1. The van der Waals surface area contributed by atoms with Gasteiger partial charge in [0.1, 0.15) is 6.04 Å². The molecule has 2 aromatic rings.